The van der Waals surface area contributed by atoms with Crippen molar-refractivity contribution in [1.82, 2.24) is 10.6 Å². The number of aliphatic carboxylic acids is 1. The zero-order valence-corrected chi connectivity index (χ0v) is 12.6. The molecule has 0 heterocycles. The van der Waals surface area contributed by atoms with E-state index in [0.29, 0.717) is 0 Å². The van der Waals surface area contributed by atoms with Gasteiger partial charge < -0.3 is 21.5 Å². The van der Waals surface area contributed by atoms with Gasteiger partial charge >= 0.3 is 12.0 Å². The van der Waals surface area contributed by atoms with E-state index in [2.05, 4.69) is 10.6 Å². The molecule has 1 aliphatic rings. The van der Waals surface area contributed by atoms with Gasteiger partial charge in [0.2, 0.25) is 5.91 Å². The number of primary amides is 1. The first-order valence-corrected chi connectivity index (χ1v) is 7.31. The summed E-state index contributed by atoms with van der Waals surface area (Å²) >= 11 is 0. The Hall–Kier alpha value is -1.79. The first kappa shape index (κ1) is 17.3. The number of nitrogens with one attached hydrogen (secondary N) is 2. The summed E-state index contributed by atoms with van der Waals surface area (Å²) in [6, 6.07) is -1.47. The molecule has 1 rings (SSSR count). The fourth-order valence-corrected chi connectivity index (χ4v) is 2.43. The minimum absolute atomic E-state index is 0.0360. The van der Waals surface area contributed by atoms with E-state index in [1.807, 2.05) is 0 Å². The number of hydrogen-bond donors (Lipinski definition) is 4. The SMILES string of the molecule is CC(C)(CNC(=O)NC(C(=O)O)C1CCCCC1)C(N)=O. The largest absolute Gasteiger partial charge is 0.480 e. The average molecular weight is 299 g/mol. The first-order chi connectivity index (χ1) is 9.74. The zero-order valence-electron chi connectivity index (χ0n) is 12.6. The highest BCUT2D eigenvalue weighted by Gasteiger charge is 2.31. The molecule has 1 fully saturated rings. The summed E-state index contributed by atoms with van der Waals surface area (Å²) in [4.78, 5) is 34.3. The van der Waals surface area contributed by atoms with Crippen molar-refractivity contribution >= 4 is 17.9 Å². The highest BCUT2D eigenvalue weighted by Crippen LogP contribution is 2.26. The summed E-state index contributed by atoms with van der Waals surface area (Å²) in [7, 11) is 0. The zero-order chi connectivity index (χ0) is 16.0. The Morgan fingerprint density at radius 1 is 1.24 bits per heavy atom. The molecule has 1 aliphatic carbocycles. The van der Waals surface area contributed by atoms with Crippen LogP contribution in [-0.2, 0) is 9.59 Å². The second-order valence-electron chi connectivity index (χ2n) is 6.29. The fourth-order valence-electron chi connectivity index (χ4n) is 2.43. The van der Waals surface area contributed by atoms with Gasteiger partial charge in [-0.2, -0.15) is 0 Å². The van der Waals surface area contributed by atoms with Crippen LogP contribution in [0.25, 0.3) is 0 Å². The minimum Gasteiger partial charge on any atom is -0.480 e. The van der Waals surface area contributed by atoms with E-state index in [-0.39, 0.29) is 12.5 Å². The van der Waals surface area contributed by atoms with Gasteiger partial charge in [0.15, 0.2) is 0 Å². The second-order valence-corrected chi connectivity index (χ2v) is 6.29. The fraction of sp³-hybridized carbons (Fsp3) is 0.786. The molecule has 0 radical (unpaired) electrons. The third-order valence-electron chi connectivity index (χ3n) is 4.03. The Morgan fingerprint density at radius 2 is 1.81 bits per heavy atom. The van der Waals surface area contributed by atoms with Gasteiger partial charge in [-0.1, -0.05) is 19.3 Å². The van der Waals surface area contributed by atoms with Crippen molar-refractivity contribution < 1.29 is 19.5 Å². The van der Waals surface area contributed by atoms with Crippen LogP contribution < -0.4 is 16.4 Å². The van der Waals surface area contributed by atoms with Gasteiger partial charge in [-0.25, -0.2) is 9.59 Å². The molecule has 0 aliphatic heterocycles. The number of carboxylic acids is 1. The molecule has 5 N–H and O–H groups in total. The molecule has 0 aromatic carbocycles. The van der Waals surface area contributed by atoms with Crippen molar-refractivity contribution in [3.63, 3.8) is 0 Å². The summed E-state index contributed by atoms with van der Waals surface area (Å²) in [5.41, 5.74) is 4.34. The lowest BCUT2D eigenvalue weighted by molar-refractivity contribution is -0.141. The van der Waals surface area contributed by atoms with E-state index in [4.69, 9.17) is 5.73 Å². The molecule has 0 bridgehead atoms. The van der Waals surface area contributed by atoms with Crippen LogP contribution in [0.4, 0.5) is 4.79 Å². The van der Waals surface area contributed by atoms with Crippen LogP contribution in [-0.4, -0.2) is 35.6 Å². The lowest BCUT2D eigenvalue weighted by atomic mass is 9.84. The molecule has 1 atom stereocenters. The predicted octanol–water partition coefficient (Wildman–Crippen LogP) is 0.831. The van der Waals surface area contributed by atoms with Crippen molar-refractivity contribution in [2.75, 3.05) is 6.54 Å². The van der Waals surface area contributed by atoms with Crippen LogP contribution in [0.3, 0.4) is 0 Å². The monoisotopic (exact) mass is 299 g/mol. The summed E-state index contributed by atoms with van der Waals surface area (Å²) in [5.74, 6) is -1.58. The Labute approximate surface area is 124 Å². The lowest BCUT2D eigenvalue weighted by Crippen LogP contribution is -2.52. The topological polar surface area (TPSA) is 122 Å². The maximum atomic E-state index is 11.8. The smallest absolute Gasteiger partial charge is 0.326 e. The molecule has 0 aromatic rings. The van der Waals surface area contributed by atoms with Gasteiger partial charge in [0.1, 0.15) is 6.04 Å². The van der Waals surface area contributed by atoms with Gasteiger partial charge in [-0.05, 0) is 32.6 Å². The Morgan fingerprint density at radius 3 is 2.29 bits per heavy atom. The van der Waals surface area contributed by atoms with E-state index in [1.54, 1.807) is 13.8 Å². The van der Waals surface area contributed by atoms with Crippen LogP contribution in [0.2, 0.25) is 0 Å². The average Bonchev–Trinajstić information content (AvgIpc) is 2.43. The summed E-state index contributed by atoms with van der Waals surface area (Å²) in [6.07, 6.45) is 4.72. The molecule has 3 amide bonds. The van der Waals surface area contributed by atoms with E-state index >= 15 is 0 Å². The van der Waals surface area contributed by atoms with Crippen LogP contribution in [0.1, 0.15) is 46.0 Å². The normalized spacial score (nSPS) is 17.8. The Kier molecular flexibility index (Phi) is 5.99. The van der Waals surface area contributed by atoms with E-state index in [0.717, 1.165) is 32.1 Å². The number of nitrogens with two attached hydrogens (primary N) is 1. The van der Waals surface area contributed by atoms with E-state index in [9.17, 15) is 19.5 Å². The summed E-state index contributed by atoms with van der Waals surface area (Å²) in [6.45, 7) is 3.29. The quantitative estimate of drug-likeness (QED) is 0.580. The van der Waals surface area contributed by atoms with Crippen LogP contribution in [0, 0.1) is 11.3 Å². The van der Waals surface area contributed by atoms with Gasteiger partial charge in [0.05, 0.1) is 5.41 Å². The van der Waals surface area contributed by atoms with Crippen LogP contribution in [0.5, 0.6) is 0 Å². The summed E-state index contributed by atoms with van der Waals surface area (Å²) in [5, 5.41) is 14.3. The number of urea groups is 1. The number of carboxylic acid groups (broad SMARTS) is 1. The van der Waals surface area contributed by atoms with Gasteiger partial charge in [0, 0.05) is 6.54 Å². The number of rotatable bonds is 6. The molecule has 1 unspecified atom stereocenters. The van der Waals surface area contributed by atoms with Crippen molar-refractivity contribution in [2.45, 2.75) is 52.0 Å². The maximum Gasteiger partial charge on any atom is 0.326 e. The lowest BCUT2D eigenvalue weighted by Gasteiger charge is -2.28. The van der Waals surface area contributed by atoms with Gasteiger partial charge in [-0.3, -0.25) is 4.79 Å². The first-order valence-electron chi connectivity index (χ1n) is 7.31. The molecule has 7 heteroatoms. The van der Waals surface area contributed by atoms with Gasteiger partial charge in [-0.15, -0.1) is 0 Å². The van der Waals surface area contributed by atoms with Crippen molar-refractivity contribution in [3.8, 4) is 0 Å². The third kappa shape index (κ3) is 5.24. The van der Waals surface area contributed by atoms with E-state index < -0.39 is 29.4 Å². The number of hydrogen-bond acceptors (Lipinski definition) is 3. The third-order valence-corrected chi connectivity index (χ3v) is 4.03. The molecule has 0 aromatic heterocycles. The molecule has 21 heavy (non-hydrogen) atoms. The maximum absolute atomic E-state index is 11.8. The predicted molar refractivity (Wildman–Crippen MR) is 77.5 cm³/mol. The Bertz CT molecular complexity index is 403. The van der Waals surface area contributed by atoms with Crippen LogP contribution >= 0.6 is 0 Å². The standard InChI is InChI=1S/C14H25N3O4/c1-14(2,12(15)20)8-16-13(21)17-10(11(18)19)9-6-4-3-5-7-9/h9-10H,3-8H2,1-2H3,(H2,15,20)(H,18,19)(H2,16,17,21). The Balaban J connectivity index is 2.53. The highest BCUT2D eigenvalue weighted by molar-refractivity contribution is 5.84. The molecule has 0 saturated heterocycles. The second kappa shape index (κ2) is 7.28. The molecule has 120 valence electrons. The molecular weight excluding hydrogens is 274 g/mol. The van der Waals surface area contributed by atoms with Crippen LogP contribution in [0.15, 0.2) is 0 Å². The van der Waals surface area contributed by atoms with Crippen molar-refractivity contribution in [1.29, 1.82) is 0 Å². The molecule has 0 spiro atoms. The number of carbonyl (C=O) groups excluding carboxylic acids is 2. The van der Waals surface area contributed by atoms with Gasteiger partial charge in [0.25, 0.3) is 0 Å². The summed E-state index contributed by atoms with van der Waals surface area (Å²) < 4.78 is 0. The molecule has 7 nitrogen and oxygen atoms in total. The van der Waals surface area contributed by atoms with Crippen molar-refractivity contribution in [3.05, 3.63) is 0 Å². The van der Waals surface area contributed by atoms with Crippen molar-refractivity contribution in [2.24, 2.45) is 17.1 Å². The number of amides is 3. The highest BCUT2D eigenvalue weighted by atomic mass is 16.4. The number of carbonyl (C=O) groups is 3. The molecule has 1 saturated carbocycles. The molecular formula is C14H25N3O4. The van der Waals surface area contributed by atoms with E-state index in [1.165, 1.54) is 0 Å². The minimum atomic E-state index is -1.02.